The average molecular weight is 417 g/mol. The van der Waals surface area contributed by atoms with Crippen molar-refractivity contribution < 1.29 is 28.8 Å². The lowest BCUT2D eigenvalue weighted by molar-refractivity contribution is -0.385. The number of nitrogen functional groups attached to an aromatic ring is 1. The number of aryl methyl sites for hydroxylation is 2. The first-order valence-electron chi connectivity index (χ1n) is 8.61. The SMILES string of the molecule is COC(=O)c1cc([N+](=O)[O-])c(C)cc1N.COC(=O)c1ccc(C)cc1NC(C)=O. The zero-order chi connectivity index (χ0) is 23.0. The number of methoxy groups -OCH3 is 2. The molecule has 3 N–H and O–H groups in total. The van der Waals surface area contributed by atoms with Gasteiger partial charge in [-0.1, -0.05) is 6.07 Å². The Morgan fingerprint density at radius 3 is 2.07 bits per heavy atom. The van der Waals surface area contributed by atoms with Crippen LogP contribution in [-0.2, 0) is 14.3 Å². The number of hydrogen-bond donors (Lipinski definition) is 2. The first kappa shape index (κ1) is 24.1. The Bertz CT molecular complexity index is 987. The molecule has 0 fully saturated rings. The number of nitrogens with zero attached hydrogens (tertiary/aromatic N) is 1. The van der Waals surface area contributed by atoms with Crippen LogP contribution in [0.4, 0.5) is 17.1 Å². The van der Waals surface area contributed by atoms with Crippen LogP contribution < -0.4 is 11.1 Å². The van der Waals surface area contributed by atoms with Gasteiger partial charge in [0.05, 0.1) is 36.0 Å². The zero-order valence-electron chi connectivity index (χ0n) is 17.3. The number of ether oxygens (including phenoxy) is 2. The Morgan fingerprint density at radius 2 is 1.57 bits per heavy atom. The number of amides is 1. The van der Waals surface area contributed by atoms with Gasteiger partial charge < -0.3 is 20.5 Å². The van der Waals surface area contributed by atoms with E-state index in [9.17, 15) is 24.5 Å². The summed E-state index contributed by atoms with van der Waals surface area (Å²) >= 11 is 0. The molecule has 160 valence electrons. The molecule has 0 atom stereocenters. The van der Waals surface area contributed by atoms with Crippen LogP contribution in [0.25, 0.3) is 0 Å². The first-order valence-corrected chi connectivity index (χ1v) is 8.61. The Hall–Kier alpha value is -3.95. The Morgan fingerprint density at radius 1 is 1.00 bits per heavy atom. The van der Waals surface area contributed by atoms with Crippen LogP contribution in [0.5, 0.6) is 0 Å². The summed E-state index contributed by atoms with van der Waals surface area (Å²) in [6.07, 6.45) is 0. The maximum atomic E-state index is 11.4. The standard InChI is InChI=1S/C11H13NO3.C9H10N2O4/c1-7-4-5-9(11(14)15-3)10(6-7)12-8(2)13;1-5-3-7(10)6(9(12)15-2)4-8(5)11(13)14/h4-6H,1-3H3,(H,12,13);3-4H,10H2,1-2H3. The highest BCUT2D eigenvalue weighted by Gasteiger charge is 2.18. The maximum Gasteiger partial charge on any atom is 0.340 e. The van der Waals surface area contributed by atoms with Gasteiger partial charge in [0.25, 0.3) is 5.69 Å². The second-order valence-corrected chi connectivity index (χ2v) is 6.20. The number of nitrogens with two attached hydrogens (primary N) is 1. The van der Waals surface area contributed by atoms with Crippen molar-refractivity contribution in [3.8, 4) is 0 Å². The predicted octanol–water partition coefficient (Wildman–Crippen LogP) is 3.01. The molecule has 0 saturated carbocycles. The molecule has 0 radical (unpaired) electrons. The number of benzene rings is 2. The molecule has 10 heteroatoms. The highest BCUT2D eigenvalue weighted by atomic mass is 16.6. The molecule has 30 heavy (non-hydrogen) atoms. The molecule has 10 nitrogen and oxygen atoms in total. The van der Waals surface area contributed by atoms with Gasteiger partial charge >= 0.3 is 11.9 Å². The number of rotatable bonds is 4. The van der Waals surface area contributed by atoms with E-state index in [0.29, 0.717) is 16.8 Å². The van der Waals surface area contributed by atoms with Gasteiger partial charge in [-0.2, -0.15) is 0 Å². The van der Waals surface area contributed by atoms with Crippen molar-refractivity contribution in [2.24, 2.45) is 0 Å². The minimum atomic E-state index is -0.685. The third-order valence-electron chi connectivity index (χ3n) is 3.86. The van der Waals surface area contributed by atoms with Gasteiger partial charge in [0.15, 0.2) is 0 Å². The van der Waals surface area contributed by atoms with Crippen molar-refractivity contribution in [3.63, 3.8) is 0 Å². The van der Waals surface area contributed by atoms with Gasteiger partial charge in [-0.05, 0) is 37.6 Å². The van der Waals surface area contributed by atoms with Crippen molar-refractivity contribution >= 4 is 34.9 Å². The van der Waals surface area contributed by atoms with Gasteiger partial charge in [-0.3, -0.25) is 14.9 Å². The molecule has 1 amide bonds. The highest BCUT2D eigenvalue weighted by molar-refractivity contribution is 6.00. The van der Waals surface area contributed by atoms with E-state index in [-0.39, 0.29) is 22.8 Å². The van der Waals surface area contributed by atoms with Crippen molar-refractivity contribution in [2.75, 3.05) is 25.3 Å². The quantitative estimate of drug-likeness (QED) is 0.333. The zero-order valence-corrected chi connectivity index (χ0v) is 17.3. The van der Waals surface area contributed by atoms with Crippen LogP contribution in [0.15, 0.2) is 30.3 Å². The van der Waals surface area contributed by atoms with Gasteiger partial charge in [0, 0.05) is 24.2 Å². The molecule has 0 unspecified atom stereocenters. The van der Waals surface area contributed by atoms with Crippen LogP contribution in [-0.4, -0.2) is 37.0 Å². The topological polar surface area (TPSA) is 151 Å². The maximum absolute atomic E-state index is 11.4. The van der Waals surface area contributed by atoms with E-state index >= 15 is 0 Å². The monoisotopic (exact) mass is 417 g/mol. The summed E-state index contributed by atoms with van der Waals surface area (Å²) < 4.78 is 9.06. The van der Waals surface area contributed by atoms with E-state index in [4.69, 9.17) is 5.73 Å². The molecule has 2 rings (SSSR count). The highest BCUT2D eigenvalue weighted by Crippen LogP contribution is 2.25. The predicted molar refractivity (Wildman–Crippen MR) is 110 cm³/mol. The number of carbonyl (C=O) groups excluding carboxylic acids is 3. The molecule has 2 aromatic rings. The van der Waals surface area contributed by atoms with Crippen molar-refractivity contribution in [2.45, 2.75) is 20.8 Å². The number of esters is 2. The van der Waals surface area contributed by atoms with Gasteiger partial charge in [-0.25, -0.2) is 9.59 Å². The number of nitro benzene ring substituents is 1. The number of nitro groups is 1. The Kier molecular flexibility index (Phi) is 8.48. The first-order chi connectivity index (χ1) is 14.0. The van der Waals surface area contributed by atoms with Gasteiger partial charge in [0.2, 0.25) is 5.91 Å². The summed E-state index contributed by atoms with van der Waals surface area (Å²) in [6, 6.07) is 7.65. The molecule has 0 aliphatic heterocycles. The second-order valence-electron chi connectivity index (χ2n) is 6.20. The third-order valence-corrected chi connectivity index (χ3v) is 3.86. The van der Waals surface area contributed by atoms with Gasteiger partial charge in [-0.15, -0.1) is 0 Å². The summed E-state index contributed by atoms with van der Waals surface area (Å²) in [4.78, 5) is 43.5. The summed E-state index contributed by atoms with van der Waals surface area (Å²) in [5.74, 6) is -1.36. The van der Waals surface area contributed by atoms with Crippen LogP contribution in [0, 0.1) is 24.0 Å². The van der Waals surface area contributed by atoms with Gasteiger partial charge in [0.1, 0.15) is 0 Å². The summed E-state index contributed by atoms with van der Waals surface area (Å²) in [5, 5.41) is 13.2. The second kappa shape index (κ2) is 10.6. The van der Waals surface area contributed by atoms with Crippen LogP contribution >= 0.6 is 0 Å². The van der Waals surface area contributed by atoms with E-state index in [2.05, 4.69) is 14.8 Å². The normalized spacial score (nSPS) is 9.63. The number of carbonyl (C=O) groups is 3. The van der Waals surface area contributed by atoms with Crippen LogP contribution in [0.1, 0.15) is 38.8 Å². The molecule has 0 bridgehead atoms. The molecule has 2 aromatic carbocycles. The smallest absolute Gasteiger partial charge is 0.340 e. The molecule has 0 spiro atoms. The van der Waals surface area contributed by atoms with Crippen molar-refractivity contribution in [1.82, 2.24) is 0 Å². The van der Waals surface area contributed by atoms with Crippen LogP contribution in [0.3, 0.4) is 0 Å². The minimum Gasteiger partial charge on any atom is -0.465 e. The number of nitrogens with one attached hydrogen (secondary N) is 1. The lowest BCUT2D eigenvalue weighted by Gasteiger charge is -2.08. The summed E-state index contributed by atoms with van der Waals surface area (Å²) in [6.45, 7) is 4.82. The van der Waals surface area contributed by atoms with E-state index in [0.717, 1.165) is 11.6 Å². The summed E-state index contributed by atoms with van der Waals surface area (Å²) in [5.41, 5.74) is 7.79. The largest absolute Gasteiger partial charge is 0.465 e. The van der Waals surface area contributed by atoms with Crippen molar-refractivity contribution in [3.05, 3.63) is 62.7 Å². The fourth-order valence-electron chi connectivity index (χ4n) is 2.44. The molecular formula is C20H23N3O7. The lowest BCUT2D eigenvalue weighted by atomic mass is 10.1. The molecule has 0 heterocycles. The molecular weight excluding hydrogens is 394 g/mol. The average Bonchev–Trinajstić information content (AvgIpc) is 2.66. The molecule has 0 aromatic heterocycles. The molecule has 0 aliphatic carbocycles. The number of anilines is 2. The molecule has 0 saturated heterocycles. The Labute approximate surface area is 173 Å². The van der Waals surface area contributed by atoms with Crippen molar-refractivity contribution in [1.29, 1.82) is 0 Å². The fourth-order valence-corrected chi connectivity index (χ4v) is 2.44. The van der Waals surface area contributed by atoms with Crippen LogP contribution in [0.2, 0.25) is 0 Å². The number of hydrogen-bond acceptors (Lipinski definition) is 8. The Balaban J connectivity index is 0.000000300. The fraction of sp³-hybridized carbons (Fsp3) is 0.250. The third kappa shape index (κ3) is 6.30. The van der Waals surface area contributed by atoms with E-state index in [1.54, 1.807) is 25.1 Å². The minimum absolute atomic E-state index is 0.00907. The molecule has 0 aliphatic rings. The van der Waals surface area contributed by atoms with E-state index in [1.165, 1.54) is 27.2 Å². The lowest BCUT2D eigenvalue weighted by Crippen LogP contribution is -2.12. The summed E-state index contributed by atoms with van der Waals surface area (Å²) in [7, 11) is 2.49. The van der Waals surface area contributed by atoms with E-state index in [1.807, 2.05) is 6.92 Å². The van der Waals surface area contributed by atoms with E-state index < -0.39 is 16.9 Å².